The lowest BCUT2D eigenvalue weighted by molar-refractivity contribution is 0.465. The first-order valence-electron chi connectivity index (χ1n) is 5.88. The number of benzene rings is 2. The molecule has 94 valence electrons. The standard InChI is InChI=1S/C15H16FNO/c1-10-9-12(16)7-8-14(10)17-11(2)13-5-3-4-6-15(13)18/h3-9,11,17-18H,1-2H3. The molecule has 0 bridgehead atoms. The Morgan fingerprint density at radius 2 is 1.89 bits per heavy atom. The Hall–Kier alpha value is -2.03. The summed E-state index contributed by atoms with van der Waals surface area (Å²) in [5.41, 5.74) is 2.53. The third-order valence-corrected chi connectivity index (χ3v) is 2.96. The molecule has 1 atom stereocenters. The van der Waals surface area contributed by atoms with Gasteiger partial charge in [-0.15, -0.1) is 0 Å². The van der Waals surface area contributed by atoms with Crippen LogP contribution < -0.4 is 5.32 Å². The van der Waals surface area contributed by atoms with Crippen LogP contribution in [0.5, 0.6) is 5.75 Å². The Labute approximate surface area is 106 Å². The molecule has 0 fully saturated rings. The van der Waals surface area contributed by atoms with Gasteiger partial charge in [0.2, 0.25) is 0 Å². The first-order valence-corrected chi connectivity index (χ1v) is 5.88. The Bertz CT molecular complexity index is 554. The third-order valence-electron chi connectivity index (χ3n) is 2.96. The first kappa shape index (κ1) is 12.4. The van der Waals surface area contributed by atoms with Gasteiger partial charge in [0.15, 0.2) is 0 Å². The maximum absolute atomic E-state index is 13.0. The van der Waals surface area contributed by atoms with Gasteiger partial charge in [-0.2, -0.15) is 0 Å². The van der Waals surface area contributed by atoms with Crippen molar-refractivity contribution in [2.75, 3.05) is 5.32 Å². The smallest absolute Gasteiger partial charge is 0.123 e. The number of phenolic OH excluding ortho intramolecular Hbond substituents is 1. The van der Waals surface area contributed by atoms with Crippen molar-refractivity contribution in [3.63, 3.8) is 0 Å². The highest BCUT2D eigenvalue weighted by molar-refractivity contribution is 5.53. The van der Waals surface area contributed by atoms with Gasteiger partial charge in [0.05, 0.1) is 6.04 Å². The maximum Gasteiger partial charge on any atom is 0.123 e. The Morgan fingerprint density at radius 1 is 1.17 bits per heavy atom. The van der Waals surface area contributed by atoms with Gasteiger partial charge in [0.1, 0.15) is 11.6 Å². The zero-order valence-corrected chi connectivity index (χ0v) is 10.4. The molecule has 0 spiro atoms. The molecule has 2 N–H and O–H groups in total. The third kappa shape index (κ3) is 2.62. The number of nitrogens with one attached hydrogen (secondary N) is 1. The van der Waals surface area contributed by atoms with E-state index in [1.807, 2.05) is 26.0 Å². The van der Waals surface area contributed by atoms with Crippen molar-refractivity contribution in [1.29, 1.82) is 0 Å². The van der Waals surface area contributed by atoms with Gasteiger partial charge in [0, 0.05) is 11.3 Å². The summed E-state index contributed by atoms with van der Waals surface area (Å²) in [6, 6.07) is 11.8. The van der Waals surface area contributed by atoms with E-state index in [0.29, 0.717) is 0 Å². The molecule has 0 aliphatic heterocycles. The molecule has 2 aromatic carbocycles. The van der Waals surface area contributed by atoms with Gasteiger partial charge in [-0.05, 0) is 43.7 Å². The highest BCUT2D eigenvalue weighted by atomic mass is 19.1. The zero-order valence-electron chi connectivity index (χ0n) is 10.4. The summed E-state index contributed by atoms with van der Waals surface area (Å²) in [4.78, 5) is 0. The predicted octanol–water partition coefficient (Wildman–Crippen LogP) is 4.01. The Balaban J connectivity index is 2.21. The largest absolute Gasteiger partial charge is 0.508 e. The van der Waals surface area contributed by atoms with Crippen LogP contribution in [0.1, 0.15) is 24.1 Å². The summed E-state index contributed by atoms with van der Waals surface area (Å²) in [6.45, 7) is 3.81. The van der Waals surface area contributed by atoms with Crippen molar-refractivity contribution in [1.82, 2.24) is 0 Å². The SMILES string of the molecule is Cc1cc(F)ccc1NC(C)c1ccccc1O. The van der Waals surface area contributed by atoms with E-state index in [4.69, 9.17) is 0 Å². The molecule has 0 amide bonds. The van der Waals surface area contributed by atoms with Crippen LogP contribution in [0.2, 0.25) is 0 Å². The second-order valence-corrected chi connectivity index (χ2v) is 4.38. The van der Waals surface area contributed by atoms with Gasteiger partial charge in [0.25, 0.3) is 0 Å². The van der Waals surface area contributed by atoms with E-state index >= 15 is 0 Å². The number of anilines is 1. The topological polar surface area (TPSA) is 32.3 Å². The monoisotopic (exact) mass is 245 g/mol. The molecule has 0 aliphatic carbocycles. The molecule has 1 unspecified atom stereocenters. The molecule has 0 aromatic heterocycles. The summed E-state index contributed by atoms with van der Waals surface area (Å²) < 4.78 is 13.0. The van der Waals surface area contributed by atoms with Crippen LogP contribution in [0.15, 0.2) is 42.5 Å². The molecule has 0 saturated heterocycles. The average molecular weight is 245 g/mol. The fourth-order valence-corrected chi connectivity index (χ4v) is 1.95. The van der Waals surface area contributed by atoms with E-state index in [-0.39, 0.29) is 17.6 Å². The summed E-state index contributed by atoms with van der Waals surface area (Å²) in [7, 11) is 0. The minimum absolute atomic E-state index is 0.0460. The zero-order chi connectivity index (χ0) is 13.1. The lowest BCUT2D eigenvalue weighted by atomic mass is 10.1. The summed E-state index contributed by atoms with van der Waals surface area (Å²) >= 11 is 0. The van der Waals surface area contributed by atoms with Crippen LogP contribution >= 0.6 is 0 Å². The molecular weight excluding hydrogens is 229 g/mol. The summed E-state index contributed by atoms with van der Waals surface area (Å²) in [5.74, 6) is 0.0190. The molecule has 2 rings (SSSR count). The van der Waals surface area contributed by atoms with Gasteiger partial charge < -0.3 is 10.4 Å². The van der Waals surface area contributed by atoms with E-state index in [1.54, 1.807) is 18.2 Å². The molecule has 0 saturated carbocycles. The quantitative estimate of drug-likeness (QED) is 0.856. The number of hydrogen-bond donors (Lipinski definition) is 2. The van der Waals surface area contributed by atoms with Crippen molar-refractivity contribution in [3.05, 3.63) is 59.4 Å². The van der Waals surface area contributed by atoms with Crippen molar-refractivity contribution in [2.45, 2.75) is 19.9 Å². The average Bonchev–Trinajstić information content (AvgIpc) is 2.33. The molecular formula is C15H16FNO. The number of aryl methyl sites for hydroxylation is 1. The normalized spacial score (nSPS) is 12.2. The predicted molar refractivity (Wildman–Crippen MR) is 71.3 cm³/mol. The molecule has 0 aliphatic rings. The van der Waals surface area contributed by atoms with Crippen LogP contribution in [0.4, 0.5) is 10.1 Å². The second-order valence-electron chi connectivity index (χ2n) is 4.38. The number of phenols is 1. The van der Waals surface area contributed by atoms with Crippen molar-refractivity contribution in [3.8, 4) is 5.75 Å². The summed E-state index contributed by atoms with van der Waals surface area (Å²) in [6.07, 6.45) is 0. The van der Waals surface area contributed by atoms with Crippen molar-refractivity contribution >= 4 is 5.69 Å². The van der Waals surface area contributed by atoms with Gasteiger partial charge >= 0.3 is 0 Å². The molecule has 3 heteroatoms. The highest BCUT2D eigenvalue weighted by Gasteiger charge is 2.10. The molecule has 0 radical (unpaired) electrons. The fraction of sp³-hybridized carbons (Fsp3) is 0.200. The van der Waals surface area contributed by atoms with E-state index in [1.165, 1.54) is 12.1 Å². The van der Waals surface area contributed by atoms with Crippen molar-refractivity contribution in [2.24, 2.45) is 0 Å². The van der Waals surface area contributed by atoms with Gasteiger partial charge in [-0.25, -0.2) is 4.39 Å². The number of para-hydroxylation sites is 1. The van der Waals surface area contributed by atoms with Gasteiger partial charge in [-0.3, -0.25) is 0 Å². The van der Waals surface area contributed by atoms with E-state index in [0.717, 1.165) is 16.8 Å². The first-order chi connectivity index (χ1) is 8.58. The minimum Gasteiger partial charge on any atom is -0.508 e. The molecule has 18 heavy (non-hydrogen) atoms. The lowest BCUT2D eigenvalue weighted by Crippen LogP contribution is -2.08. The number of halogens is 1. The minimum atomic E-state index is -0.242. The van der Waals surface area contributed by atoms with Gasteiger partial charge in [-0.1, -0.05) is 18.2 Å². The van der Waals surface area contributed by atoms with E-state index in [9.17, 15) is 9.50 Å². The van der Waals surface area contributed by atoms with Crippen LogP contribution in [0, 0.1) is 12.7 Å². The van der Waals surface area contributed by atoms with Crippen LogP contribution in [-0.2, 0) is 0 Å². The highest BCUT2D eigenvalue weighted by Crippen LogP contribution is 2.27. The molecule has 0 heterocycles. The van der Waals surface area contributed by atoms with E-state index in [2.05, 4.69) is 5.32 Å². The molecule has 2 nitrogen and oxygen atoms in total. The lowest BCUT2D eigenvalue weighted by Gasteiger charge is -2.18. The van der Waals surface area contributed by atoms with E-state index < -0.39 is 0 Å². The van der Waals surface area contributed by atoms with Crippen LogP contribution in [0.3, 0.4) is 0 Å². The Morgan fingerprint density at radius 3 is 2.56 bits per heavy atom. The second kappa shape index (κ2) is 5.08. The van der Waals surface area contributed by atoms with Crippen molar-refractivity contribution < 1.29 is 9.50 Å². The fourth-order valence-electron chi connectivity index (χ4n) is 1.95. The summed E-state index contributed by atoms with van der Waals surface area (Å²) in [5, 5.41) is 13.0. The maximum atomic E-state index is 13.0. The number of aromatic hydroxyl groups is 1. The number of hydrogen-bond acceptors (Lipinski definition) is 2. The van der Waals surface area contributed by atoms with Crippen LogP contribution in [0.25, 0.3) is 0 Å². The number of rotatable bonds is 3. The molecule has 2 aromatic rings. The van der Waals surface area contributed by atoms with Crippen LogP contribution in [-0.4, -0.2) is 5.11 Å². The Kier molecular flexibility index (Phi) is 3.51.